The summed E-state index contributed by atoms with van der Waals surface area (Å²) in [6.07, 6.45) is 1.36. The average molecular weight is 387 g/mol. The maximum absolute atomic E-state index is 13.5. The molecule has 1 N–H and O–H groups in total. The van der Waals surface area contributed by atoms with Gasteiger partial charge in [0, 0.05) is 10.0 Å². The van der Waals surface area contributed by atoms with Gasteiger partial charge in [-0.1, -0.05) is 46.3 Å². The molecule has 0 saturated heterocycles. The van der Waals surface area contributed by atoms with Gasteiger partial charge in [-0.25, -0.2) is 9.82 Å². The molecule has 0 fully saturated rings. The van der Waals surface area contributed by atoms with Gasteiger partial charge in [0.25, 0.3) is 5.91 Å². The van der Waals surface area contributed by atoms with E-state index in [1.807, 2.05) is 24.3 Å². The maximum Gasteiger partial charge on any atom is 0.274 e. The third-order valence-corrected chi connectivity index (χ3v) is 3.93. The first-order valence-corrected chi connectivity index (χ1v) is 7.87. The van der Waals surface area contributed by atoms with Gasteiger partial charge in [0.05, 0.1) is 11.8 Å². The van der Waals surface area contributed by atoms with E-state index in [4.69, 9.17) is 4.42 Å². The van der Waals surface area contributed by atoms with E-state index in [9.17, 15) is 9.18 Å². The topological polar surface area (TPSA) is 54.6 Å². The van der Waals surface area contributed by atoms with Crippen molar-refractivity contribution in [2.45, 2.75) is 0 Å². The zero-order chi connectivity index (χ0) is 16.9. The summed E-state index contributed by atoms with van der Waals surface area (Å²) in [5.74, 6) is -0.0831. The fraction of sp³-hybridized carbons (Fsp3) is 0. The Bertz CT molecular complexity index is 905. The molecular formula is C18H12BrFN2O2. The predicted molar refractivity (Wildman–Crippen MR) is 93.3 cm³/mol. The van der Waals surface area contributed by atoms with Crippen molar-refractivity contribution >= 4 is 28.1 Å². The van der Waals surface area contributed by atoms with E-state index >= 15 is 0 Å². The molecular weight excluding hydrogens is 375 g/mol. The molecule has 3 rings (SSSR count). The summed E-state index contributed by atoms with van der Waals surface area (Å²) in [4.78, 5) is 11.8. The average Bonchev–Trinajstić information content (AvgIpc) is 3.04. The van der Waals surface area contributed by atoms with Crippen LogP contribution in [0, 0.1) is 5.82 Å². The van der Waals surface area contributed by atoms with Gasteiger partial charge in [-0.3, -0.25) is 4.79 Å². The van der Waals surface area contributed by atoms with Gasteiger partial charge in [0.2, 0.25) is 0 Å². The van der Waals surface area contributed by atoms with Gasteiger partial charge >= 0.3 is 0 Å². The summed E-state index contributed by atoms with van der Waals surface area (Å²) in [6.45, 7) is 0. The van der Waals surface area contributed by atoms with Crippen LogP contribution in [0.25, 0.3) is 11.3 Å². The Morgan fingerprint density at radius 2 is 1.83 bits per heavy atom. The lowest BCUT2D eigenvalue weighted by Gasteiger charge is -2.00. The molecule has 0 unspecified atom stereocenters. The Labute approximate surface area is 146 Å². The van der Waals surface area contributed by atoms with Gasteiger partial charge < -0.3 is 4.42 Å². The largest absolute Gasteiger partial charge is 0.455 e. The summed E-state index contributed by atoms with van der Waals surface area (Å²) in [5.41, 5.74) is 3.11. The number of halogens is 2. The molecule has 1 amide bonds. The molecule has 6 heteroatoms. The summed E-state index contributed by atoms with van der Waals surface area (Å²) >= 11 is 3.46. The van der Waals surface area contributed by atoms with Crippen molar-refractivity contribution < 1.29 is 13.6 Å². The van der Waals surface area contributed by atoms with E-state index in [2.05, 4.69) is 26.5 Å². The van der Waals surface area contributed by atoms with Crippen LogP contribution < -0.4 is 5.43 Å². The fourth-order valence-corrected chi connectivity index (χ4v) is 2.57. The maximum atomic E-state index is 13.5. The molecule has 0 aliphatic rings. The molecule has 2 aromatic carbocycles. The zero-order valence-corrected chi connectivity index (χ0v) is 14.0. The number of carbonyl (C=O) groups is 1. The second kappa shape index (κ2) is 7.23. The van der Waals surface area contributed by atoms with Crippen LogP contribution in [0.5, 0.6) is 0 Å². The van der Waals surface area contributed by atoms with Crippen molar-refractivity contribution in [3.8, 4) is 11.3 Å². The quantitative estimate of drug-likeness (QED) is 0.525. The Hall–Kier alpha value is -2.73. The second-order valence-corrected chi connectivity index (χ2v) is 5.72. The third-order valence-electron chi connectivity index (χ3n) is 3.24. The minimum absolute atomic E-state index is 0.0667. The Morgan fingerprint density at radius 1 is 1.08 bits per heavy atom. The van der Waals surface area contributed by atoms with Crippen LogP contribution in [0.4, 0.5) is 4.39 Å². The predicted octanol–water partition coefficient (Wildman–Crippen LogP) is 4.61. The Morgan fingerprint density at radius 3 is 2.62 bits per heavy atom. The van der Waals surface area contributed by atoms with Crippen LogP contribution >= 0.6 is 15.9 Å². The van der Waals surface area contributed by atoms with Crippen LogP contribution in [0.3, 0.4) is 0 Å². The molecule has 0 bridgehead atoms. The minimum atomic E-state index is -0.623. The molecule has 120 valence electrons. The van der Waals surface area contributed by atoms with Gasteiger partial charge in [-0.05, 0) is 30.3 Å². The fourth-order valence-electron chi connectivity index (χ4n) is 2.09. The molecule has 0 saturated carbocycles. The second-order valence-electron chi connectivity index (χ2n) is 4.86. The Kier molecular flexibility index (Phi) is 4.86. The van der Waals surface area contributed by atoms with Crippen molar-refractivity contribution in [3.05, 3.63) is 82.3 Å². The minimum Gasteiger partial charge on any atom is -0.455 e. The summed E-state index contributed by atoms with van der Waals surface area (Å²) < 4.78 is 20.1. The van der Waals surface area contributed by atoms with Crippen molar-refractivity contribution in [2.75, 3.05) is 0 Å². The van der Waals surface area contributed by atoms with E-state index in [1.165, 1.54) is 24.4 Å². The molecule has 1 aromatic heterocycles. The normalized spacial score (nSPS) is 10.9. The summed E-state index contributed by atoms with van der Waals surface area (Å²) in [6, 6.07) is 16.9. The van der Waals surface area contributed by atoms with Gasteiger partial charge in [-0.2, -0.15) is 5.10 Å². The molecule has 0 aliphatic heterocycles. The molecule has 24 heavy (non-hydrogen) atoms. The number of hydrogen-bond acceptors (Lipinski definition) is 3. The smallest absolute Gasteiger partial charge is 0.274 e. The Balaban J connectivity index is 1.69. The van der Waals surface area contributed by atoms with E-state index in [-0.39, 0.29) is 5.56 Å². The van der Waals surface area contributed by atoms with Crippen molar-refractivity contribution in [2.24, 2.45) is 5.10 Å². The van der Waals surface area contributed by atoms with Crippen LogP contribution in [-0.2, 0) is 0 Å². The van der Waals surface area contributed by atoms with Crippen molar-refractivity contribution in [1.29, 1.82) is 0 Å². The molecule has 1 heterocycles. The van der Waals surface area contributed by atoms with Gasteiger partial charge in [0.1, 0.15) is 17.3 Å². The number of nitrogens with one attached hydrogen (secondary N) is 1. The highest BCUT2D eigenvalue weighted by atomic mass is 79.9. The zero-order valence-electron chi connectivity index (χ0n) is 12.4. The summed E-state index contributed by atoms with van der Waals surface area (Å²) in [5, 5.41) is 3.79. The van der Waals surface area contributed by atoms with E-state index in [1.54, 1.807) is 18.2 Å². The summed E-state index contributed by atoms with van der Waals surface area (Å²) in [7, 11) is 0. The van der Waals surface area contributed by atoms with Crippen LogP contribution in [0.1, 0.15) is 16.1 Å². The van der Waals surface area contributed by atoms with Gasteiger partial charge in [0.15, 0.2) is 0 Å². The lowest BCUT2D eigenvalue weighted by Crippen LogP contribution is -2.18. The number of nitrogens with zero attached hydrogens (tertiary/aromatic N) is 1. The first-order valence-electron chi connectivity index (χ1n) is 7.08. The molecule has 4 nitrogen and oxygen atoms in total. The number of amides is 1. The molecule has 0 spiro atoms. The van der Waals surface area contributed by atoms with Gasteiger partial charge in [-0.15, -0.1) is 0 Å². The van der Waals surface area contributed by atoms with E-state index < -0.39 is 11.7 Å². The van der Waals surface area contributed by atoms with E-state index in [0.29, 0.717) is 11.5 Å². The first-order chi connectivity index (χ1) is 11.6. The van der Waals surface area contributed by atoms with Crippen LogP contribution in [0.15, 0.2) is 74.7 Å². The standard InChI is InChI=1S/C18H12BrFN2O2/c19-15-7-3-1-5-13(15)17-10-9-12(24-17)11-21-22-18(23)14-6-2-4-8-16(14)20/h1-11H,(H,22,23)/b21-11-. The molecule has 0 radical (unpaired) electrons. The lowest BCUT2D eigenvalue weighted by atomic mass is 10.2. The number of furan rings is 1. The molecule has 3 aromatic rings. The molecule has 0 aliphatic carbocycles. The number of carbonyl (C=O) groups excluding carboxylic acids is 1. The van der Waals surface area contributed by atoms with Crippen LogP contribution in [0.2, 0.25) is 0 Å². The number of hydrogen-bond donors (Lipinski definition) is 1. The highest BCUT2D eigenvalue weighted by Gasteiger charge is 2.10. The van der Waals surface area contributed by atoms with E-state index in [0.717, 1.165) is 10.0 Å². The monoisotopic (exact) mass is 386 g/mol. The lowest BCUT2D eigenvalue weighted by molar-refractivity contribution is 0.0951. The SMILES string of the molecule is O=C(N/N=C\c1ccc(-c2ccccc2Br)o1)c1ccccc1F. The highest BCUT2D eigenvalue weighted by molar-refractivity contribution is 9.10. The highest BCUT2D eigenvalue weighted by Crippen LogP contribution is 2.28. The third kappa shape index (κ3) is 3.60. The van der Waals surface area contributed by atoms with Crippen molar-refractivity contribution in [1.82, 2.24) is 5.43 Å². The number of rotatable bonds is 4. The molecule has 0 atom stereocenters. The number of benzene rings is 2. The van der Waals surface area contributed by atoms with Crippen LogP contribution in [-0.4, -0.2) is 12.1 Å². The first kappa shape index (κ1) is 16.1. The number of hydrazone groups is 1. The van der Waals surface area contributed by atoms with Crippen molar-refractivity contribution in [3.63, 3.8) is 0 Å².